The van der Waals surface area contributed by atoms with Gasteiger partial charge in [0.2, 0.25) is 5.91 Å². The first kappa shape index (κ1) is 16.6. The quantitative estimate of drug-likeness (QED) is 0.850. The zero-order valence-corrected chi connectivity index (χ0v) is 14.6. The number of nitrogens with one attached hydrogen (secondary N) is 2. The van der Waals surface area contributed by atoms with E-state index in [1.165, 1.54) is 6.07 Å². The van der Waals surface area contributed by atoms with Gasteiger partial charge >= 0.3 is 0 Å². The number of halogens is 1. The molecule has 0 spiro atoms. The van der Waals surface area contributed by atoms with Crippen molar-refractivity contribution in [1.82, 2.24) is 5.32 Å². The Kier molecular flexibility index (Phi) is 4.84. The molecule has 1 aromatic rings. The summed E-state index contributed by atoms with van der Waals surface area (Å²) in [6, 6.07) is 4.79. The van der Waals surface area contributed by atoms with Crippen molar-refractivity contribution in [2.45, 2.75) is 36.6 Å². The fraction of sp³-hybridized carbons (Fsp3) is 0.429. The Morgan fingerprint density at radius 3 is 2.87 bits per heavy atom. The highest BCUT2D eigenvalue weighted by Gasteiger charge is 2.26. The lowest BCUT2D eigenvalue weighted by Gasteiger charge is -2.18. The summed E-state index contributed by atoms with van der Waals surface area (Å²) in [7, 11) is -3.80. The molecule has 3 rings (SSSR count). The first-order valence-electron chi connectivity index (χ1n) is 7.28. The number of amides is 1. The topological polar surface area (TPSA) is 87.6 Å². The number of anilines is 1. The van der Waals surface area contributed by atoms with E-state index in [4.69, 9.17) is 11.6 Å². The molecule has 1 aromatic carbocycles. The summed E-state index contributed by atoms with van der Waals surface area (Å²) in [5, 5.41) is 6.41. The van der Waals surface area contributed by atoms with Crippen molar-refractivity contribution in [2.75, 3.05) is 11.1 Å². The summed E-state index contributed by atoms with van der Waals surface area (Å²) >= 11 is 6.90. The van der Waals surface area contributed by atoms with Gasteiger partial charge in [0.1, 0.15) is 4.90 Å². The zero-order valence-electron chi connectivity index (χ0n) is 12.2. The van der Waals surface area contributed by atoms with Gasteiger partial charge in [0.25, 0.3) is 10.0 Å². The minimum atomic E-state index is -3.80. The Hall–Kier alpha value is -1.25. The maximum absolute atomic E-state index is 12.2. The number of thioether (sulfide) groups is 1. The monoisotopic (exact) mass is 373 g/mol. The molecule has 1 aliphatic heterocycles. The van der Waals surface area contributed by atoms with E-state index in [-0.39, 0.29) is 27.8 Å². The van der Waals surface area contributed by atoms with Crippen LogP contribution in [-0.2, 0) is 14.8 Å². The summed E-state index contributed by atoms with van der Waals surface area (Å²) < 4.78 is 28.0. The Morgan fingerprint density at radius 1 is 1.39 bits per heavy atom. The lowest BCUT2D eigenvalue weighted by Crippen LogP contribution is -2.34. The van der Waals surface area contributed by atoms with Crippen LogP contribution in [0.4, 0.5) is 5.69 Å². The number of hydrogen-bond donors (Lipinski definition) is 2. The molecule has 1 aliphatic carbocycles. The molecule has 9 heteroatoms. The van der Waals surface area contributed by atoms with Gasteiger partial charge in [-0.25, -0.2) is 0 Å². The lowest BCUT2D eigenvalue weighted by atomic mass is 10.2. The number of carbonyl (C=O) groups excluding carboxylic acids is 1. The van der Waals surface area contributed by atoms with Gasteiger partial charge in [-0.05, 0) is 31.0 Å². The van der Waals surface area contributed by atoms with Crippen molar-refractivity contribution in [3.63, 3.8) is 0 Å². The number of fused-ring (bicyclic) bond motifs is 1. The molecule has 0 radical (unpaired) electrons. The van der Waals surface area contributed by atoms with Gasteiger partial charge in [0, 0.05) is 11.1 Å². The minimum absolute atomic E-state index is 0.0461. The third-order valence-electron chi connectivity index (χ3n) is 3.73. The molecule has 1 saturated carbocycles. The van der Waals surface area contributed by atoms with Crippen molar-refractivity contribution in [1.29, 1.82) is 0 Å². The highest BCUT2D eigenvalue weighted by atomic mass is 35.5. The van der Waals surface area contributed by atoms with Crippen LogP contribution in [-0.4, -0.2) is 31.3 Å². The maximum atomic E-state index is 12.2. The number of nitrogens with zero attached hydrogens (tertiary/aromatic N) is 1. The van der Waals surface area contributed by atoms with E-state index in [1.54, 1.807) is 12.1 Å². The van der Waals surface area contributed by atoms with Crippen LogP contribution in [0.1, 0.15) is 25.7 Å². The lowest BCUT2D eigenvalue weighted by molar-refractivity contribution is -0.119. The van der Waals surface area contributed by atoms with Crippen LogP contribution < -0.4 is 10.6 Å². The van der Waals surface area contributed by atoms with Gasteiger partial charge in [-0.1, -0.05) is 36.2 Å². The standard InChI is InChI=1S/C14H16ClN3O3S2/c15-9-5-6-11-12(7-9)23(20,21)18-14(17-11)22-8-13(19)16-10-3-1-2-4-10/h5-7,10H,1-4,8H2,(H,16,19)(H,17,18). The molecular weight excluding hydrogens is 358 g/mol. The van der Waals surface area contributed by atoms with Gasteiger partial charge in [-0.15, -0.1) is 4.40 Å². The van der Waals surface area contributed by atoms with E-state index in [0.29, 0.717) is 10.7 Å². The summed E-state index contributed by atoms with van der Waals surface area (Å²) in [5.41, 5.74) is 0.420. The van der Waals surface area contributed by atoms with Crippen LogP contribution >= 0.6 is 23.4 Å². The molecular formula is C14H16ClN3O3S2. The first-order chi connectivity index (χ1) is 10.9. The summed E-state index contributed by atoms with van der Waals surface area (Å²) in [4.78, 5) is 12.0. The van der Waals surface area contributed by atoms with E-state index in [0.717, 1.165) is 37.4 Å². The van der Waals surface area contributed by atoms with Crippen LogP contribution in [0.15, 0.2) is 27.5 Å². The fourth-order valence-corrected chi connectivity index (χ4v) is 4.96. The zero-order chi connectivity index (χ0) is 16.4. The molecule has 2 aliphatic rings. The summed E-state index contributed by atoms with van der Waals surface area (Å²) in [5.74, 6) is 0.0199. The predicted octanol–water partition coefficient (Wildman–Crippen LogP) is 2.60. The van der Waals surface area contributed by atoms with Crippen molar-refractivity contribution in [3.05, 3.63) is 23.2 Å². The minimum Gasteiger partial charge on any atom is -0.353 e. The molecule has 0 unspecified atom stereocenters. The number of amidine groups is 1. The highest BCUT2D eigenvalue weighted by molar-refractivity contribution is 8.15. The highest BCUT2D eigenvalue weighted by Crippen LogP contribution is 2.31. The molecule has 0 atom stereocenters. The normalized spacial score (nSPS) is 19.6. The fourth-order valence-electron chi connectivity index (χ4n) is 2.65. The van der Waals surface area contributed by atoms with Crippen LogP contribution in [0.2, 0.25) is 5.02 Å². The first-order valence-corrected chi connectivity index (χ1v) is 10.1. The van der Waals surface area contributed by atoms with Crippen molar-refractivity contribution in [2.24, 2.45) is 4.40 Å². The Labute approximate surface area is 144 Å². The van der Waals surface area contributed by atoms with Crippen LogP contribution in [0.25, 0.3) is 0 Å². The van der Waals surface area contributed by atoms with Crippen molar-refractivity contribution in [3.8, 4) is 0 Å². The largest absolute Gasteiger partial charge is 0.353 e. The Bertz CT molecular complexity index is 759. The molecule has 23 heavy (non-hydrogen) atoms. The van der Waals surface area contributed by atoms with E-state index in [9.17, 15) is 13.2 Å². The van der Waals surface area contributed by atoms with Gasteiger partial charge in [0.05, 0.1) is 11.4 Å². The van der Waals surface area contributed by atoms with Crippen LogP contribution in [0.3, 0.4) is 0 Å². The van der Waals surface area contributed by atoms with Gasteiger partial charge < -0.3 is 10.6 Å². The number of rotatable bonds is 3. The molecule has 124 valence electrons. The third kappa shape index (κ3) is 3.99. The molecule has 1 amide bonds. The second-order valence-electron chi connectivity index (χ2n) is 5.47. The van der Waals surface area contributed by atoms with Gasteiger partial charge in [-0.2, -0.15) is 8.42 Å². The second-order valence-corrected chi connectivity index (χ2v) is 8.45. The third-order valence-corrected chi connectivity index (χ3v) is 6.27. The second kappa shape index (κ2) is 6.70. The molecule has 6 nitrogen and oxygen atoms in total. The number of sulfonamides is 1. The average Bonchev–Trinajstić information content (AvgIpc) is 2.98. The van der Waals surface area contributed by atoms with E-state index >= 15 is 0 Å². The van der Waals surface area contributed by atoms with E-state index < -0.39 is 10.0 Å². The molecule has 1 heterocycles. The van der Waals surface area contributed by atoms with Crippen molar-refractivity contribution < 1.29 is 13.2 Å². The molecule has 1 fully saturated rings. The molecule has 0 bridgehead atoms. The SMILES string of the molecule is O=C(CSC1=NS(=O)(=O)c2cc(Cl)ccc2N1)NC1CCCC1. The maximum Gasteiger partial charge on any atom is 0.286 e. The van der Waals surface area contributed by atoms with Crippen LogP contribution in [0, 0.1) is 0 Å². The molecule has 2 N–H and O–H groups in total. The number of benzene rings is 1. The van der Waals surface area contributed by atoms with Crippen molar-refractivity contribution >= 4 is 50.1 Å². The Balaban J connectivity index is 1.64. The number of hydrogen-bond acceptors (Lipinski definition) is 5. The number of carbonyl (C=O) groups is 1. The van der Waals surface area contributed by atoms with Gasteiger partial charge in [0.15, 0.2) is 5.17 Å². The molecule has 0 aromatic heterocycles. The van der Waals surface area contributed by atoms with E-state index in [2.05, 4.69) is 15.0 Å². The summed E-state index contributed by atoms with van der Waals surface area (Å²) in [6.07, 6.45) is 4.31. The van der Waals surface area contributed by atoms with Crippen LogP contribution in [0.5, 0.6) is 0 Å². The Morgan fingerprint density at radius 2 is 2.13 bits per heavy atom. The average molecular weight is 374 g/mol. The summed E-state index contributed by atoms with van der Waals surface area (Å²) in [6.45, 7) is 0. The van der Waals surface area contributed by atoms with E-state index in [1.807, 2.05) is 0 Å². The molecule has 0 saturated heterocycles. The predicted molar refractivity (Wildman–Crippen MR) is 92.6 cm³/mol. The van der Waals surface area contributed by atoms with Gasteiger partial charge in [-0.3, -0.25) is 4.79 Å². The smallest absolute Gasteiger partial charge is 0.286 e.